The number of piperidine rings is 1. The summed E-state index contributed by atoms with van der Waals surface area (Å²) in [6, 6.07) is -4.06. The van der Waals surface area contributed by atoms with Crippen LogP contribution in [-0.2, 0) is 54.3 Å². The van der Waals surface area contributed by atoms with Crippen molar-refractivity contribution in [1.82, 2.24) is 36.4 Å². The minimum absolute atomic E-state index is 0.00443. The van der Waals surface area contributed by atoms with Gasteiger partial charge in [-0.25, -0.2) is 4.79 Å². The van der Waals surface area contributed by atoms with Gasteiger partial charge < -0.3 is 62.2 Å². The lowest BCUT2D eigenvalue weighted by molar-refractivity contribution is -0.166. The van der Waals surface area contributed by atoms with Crippen molar-refractivity contribution >= 4 is 53.3 Å². The van der Waals surface area contributed by atoms with E-state index in [1.165, 1.54) is 26.1 Å². The quantitative estimate of drug-likeness (QED) is 0.0623. The molecule has 70 heavy (non-hydrogen) atoms. The van der Waals surface area contributed by atoms with Gasteiger partial charge in [-0.15, -0.1) is 0 Å². The van der Waals surface area contributed by atoms with Gasteiger partial charge in [0.2, 0.25) is 41.4 Å². The number of nitrogens with zero attached hydrogens (tertiary/aromatic N) is 2. The van der Waals surface area contributed by atoms with Gasteiger partial charge >= 0.3 is 11.9 Å². The van der Waals surface area contributed by atoms with Gasteiger partial charge in [0, 0.05) is 26.3 Å². The number of carboxylic acids is 1. The van der Waals surface area contributed by atoms with Crippen LogP contribution in [0.3, 0.4) is 0 Å². The summed E-state index contributed by atoms with van der Waals surface area (Å²) in [7, 11) is 1.36. The summed E-state index contributed by atoms with van der Waals surface area (Å²) in [6.45, 7) is 10.5. The molecule has 1 aromatic carbocycles. The largest absolute Gasteiger partial charge is 0.508 e. The van der Waals surface area contributed by atoms with Crippen molar-refractivity contribution in [3.8, 4) is 5.75 Å². The second-order valence-electron chi connectivity index (χ2n) is 19.3. The van der Waals surface area contributed by atoms with Crippen LogP contribution in [0.25, 0.3) is 0 Å². The summed E-state index contributed by atoms with van der Waals surface area (Å²) < 4.78 is 5.87. The Morgan fingerprint density at radius 2 is 1.51 bits per heavy atom. The number of carboxylic acid groups (broad SMARTS) is 1. The highest BCUT2D eigenvalue weighted by Gasteiger charge is 2.46. The smallest absolute Gasteiger partial charge is 0.329 e. The number of carbonyl (C=O) groups is 9. The van der Waals surface area contributed by atoms with Gasteiger partial charge in [0.05, 0.1) is 0 Å². The number of aliphatic hydroxyl groups excluding tert-OH is 1. The van der Waals surface area contributed by atoms with Gasteiger partial charge in [-0.3, -0.25) is 38.4 Å². The number of phenolic OH excluding ortho intramolecular Hbond substituents is 1. The molecule has 1 aromatic rings. The molecule has 7 amide bonds. The number of nitrogens with one attached hydrogen (secondary N) is 5. The third-order valence-corrected chi connectivity index (χ3v) is 12.7. The van der Waals surface area contributed by atoms with Gasteiger partial charge in [0.1, 0.15) is 60.4 Å². The molecular formula is C49H78N8O13. The first-order valence-electron chi connectivity index (χ1n) is 24.8. The number of aliphatic carboxylic acids is 1. The van der Waals surface area contributed by atoms with E-state index in [0.29, 0.717) is 24.8 Å². The minimum atomic E-state index is -1.78. The number of nitrogens with two attached hydrogens (primary N) is 1. The number of cyclic esters (lactones) is 1. The molecule has 3 rings (SSSR count). The molecule has 2 bridgehead atoms. The summed E-state index contributed by atoms with van der Waals surface area (Å²) >= 11 is 0. The van der Waals surface area contributed by atoms with Crippen molar-refractivity contribution in [3.05, 3.63) is 29.8 Å². The van der Waals surface area contributed by atoms with Crippen LogP contribution in [0.2, 0.25) is 0 Å². The maximum Gasteiger partial charge on any atom is 0.329 e. The average Bonchev–Trinajstić information content (AvgIpc) is 3.29. The zero-order valence-corrected chi connectivity index (χ0v) is 41.9. The highest BCUT2D eigenvalue weighted by atomic mass is 16.5. The van der Waals surface area contributed by atoms with E-state index >= 15 is 0 Å². The standard InChI is InChI=1S/C49H78N8O13/c1-8-9-10-11-12-16-38(59)51-34(22-24-40(61)62)44(64)55-42-30(6)70-49(69)41(29(4)5)54-45(65)36(27-31-17-19-32(58)20-18-31)56(7)48(68)37(26-28(2)3)57-39(60)23-21-35(47(57)67)53-43(63)33(52-46(42)66)15-13-14-25-50/h17-20,28-30,33-37,39,41-42,58,60H,8-16,21-27,50H2,1-7H3,(H,51,59)(H,52,66)(H,53,63)(H,54,65)(H,55,64)(H,61,62)/t30-,33+,34+,35?,36+,37+,39?,41?,42+/m1/s1. The molecule has 10 N–H and O–H groups in total. The lowest BCUT2D eigenvalue weighted by Gasteiger charge is -2.43. The van der Waals surface area contributed by atoms with Crippen LogP contribution < -0.4 is 32.3 Å². The SMILES string of the molecule is CCCCCCCC(=O)N[C@@H](CCC(=O)O)C(=O)N[C@@H]1C(=O)N[C@@H](CCCCN)C(=O)NC2CCC(O)N(C2=O)[C@@H](CC(C)C)C(=O)N(C)[C@@H](Cc2ccc(O)cc2)C(=O)NC(C(C)C)C(=O)O[C@@H]1C. The van der Waals surface area contributed by atoms with Crippen LogP contribution in [0.5, 0.6) is 5.75 Å². The maximum absolute atomic E-state index is 14.8. The number of likely N-dealkylation sites (N-methyl/N-ethyl adjacent to an activating group) is 1. The van der Waals surface area contributed by atoms with Crippen LogP contribution in [0.15, 0.2) is 24.3 Å². The zero-order chi connectivity index (χ0) is 52.2. The summed E-state index contributed by atoms with van der Waals surface area (Å²) in [4.78, 5) is 128. The van der Waals surface area contributed by atoms with Gasteiger partial charge in [-0.05, 0) is 94.4 Å². The molecule has 2 heterocycles. The molecule has 9 atom stereocenters. The molecular weight excluding hydrogens is 909 g/mol. The van der Waals surface area contributed by atoms with Gasteiger partial charge in [0.15, 0.2) is 0 Å². The molecule has 2 saturated heterocycles. The molecule has 0 aliphatic carbocycles. The fourth-order valence-electron chi connectivity index (χ4n) is 8.54. The van der Waals surface area contributed by atoms with Crippen molar-refractivity contribution in [3.63, 3.8) is 0 Å². The molecule has 0 spiro atoms. The minimum Gasteiger partial charge on any atom is -0.508 e. The summed E-state index contributed by atoms with van der Waals surface area (Å²) in [5, 5.41) is 44.1. The van der Waals surface area contributed by atoms with Gasteiger partial charge in [-0.2, -0.15) is 0 Å². The molecule has 0 saturated carbocycles. The van der Waals surface area contributed by atoms with E-state index in [1.807, 2.05) is 20.8 Å². The second kappa shape index (κ2) is 28.7. The third kappa shape index (κ3) is 17.8. The van der Waals surface area contributed by atoms with Gasteiger partial charge in [0.25, 0.3) is 0 Å². The Kier molecular flexibility index (Phi) is 24.0. The predicted octanol–water partition coefficient (Wildman–Crippen LogP) is 1.50. The molecule has 0 aromatic heterocycles. The first-order valence-corrected chi connectivity index (χ1v) is 24.8. The van der Waals surface area contributed by atoms with Crippen molar-refractivity contribution in [2.75, 3.05) is 13.6 Å². The van der Waals surface area contributed by atoms with E-state index in [4.69, 9.17) is 10.5 Å². The summed E-state index contributed by atoms with van der Waals surface area (Å²) in [5.41, 5.74) is 6.28. The number of hydrogen-bond donors (Lipinski definition) is 9. The third-order valence-electron chi connectivity index (χ3n) is 12.7. The maximum atomic E-state index is 14.8. The number of phenols is 1. The Morgan fingerprint density at radius 3 is 2.13 bits per heavy atom. The Labute approximate surface area is 411 Å². The molecule has 2 aliphatic heterocycles. The molecule has 2 aliphatic rings. The number of esters is 1. The lowest BCUT2D eigenvalue weighted by atomic mass is 9.94. The molecule has 21 nitrogen and oxygen atoms in total. The van der Waals surface area contributed by atoms with Crippen LogP contribution in [0, 0.1) is 11.8 Å². The number of benzene rings is 1. The number of unbranched alkanes of at least 4 members (excludes halogenated alkanes) is 5. The summed E-state index contributed by atoms with van der Waals surface area (Å²) in [6.07, 6.45) is 0.890. The fourth-order valence-corrected chi connectivity index (χ4v) is 8.54. The first kappa shape index (κ1) is 58.5. The molecule has 21 heteroatoms. The first-order chi connectivity index (χ1) is 33.1. The molecule has 3 unspecified atom stereocenters. The number of carbonyl (C=O) groups excluding carboxylic acids is 8. The van der Waals surface area contributed by atoms with Crippen LogP contribution in [0.1, 0.15) is 137 Å². The number of aromatic hydroxyl groups is 1. The summed E-state index contributed by atoms with van der Waals surface area (Å²) in [5.74, 6) is -8.87. The number of fused-ring (bicyclic) bond motifs is 2. The van der Waals surface area contributed by atoms with Crippen molar-refractivity contribution < 1.29 is 63.2 Å². The second-order valence-corrected chi connectivity index (χ2v) is 19.3. The lowest BCUT2D eigenvalue weighted by Crippen LogP contribution is -2.65. The zero-order valence-electron chi connectivity index (χ0n) is 41.9. The fraction of sp³-hybridized carbons (Fsp3) is 0.694. The molecule has 2 fully saturated rings. The number of aliphatic hydroxyl groups is 1. The van der Waals surface area contributed by atoms with E-state index in [-0.39, 0.29) is 63.2 Å². The topological polar surface area (TPSA) is 316 Å². The number of hydrogen-bond acceptors (Lipinski definition) is 13. The van der Waals surface area contributed by atoms with Crippen LogP contribution in [0.4, 0.5) is 0 Å². The number of amides is 7. The van der Waals surface area contributed by atoms with Gasteiger partial charge in [-0.1, -0.05) is 72.4 Å². The number of ether oxygens (including phenoxy) is 1. The van der Waals surface area contributed by atoms with E-state index < -0.39 is 120 Å². The predicted molar refractivity (Wildman–Crippen MR) is 257 cm³/mol. The van der Waals surface area contributed by atoms with E-state index in [2.05, 4.69) is 26.6 Å². The van der Waals surface area contributed by atoms with Crippen LogP contribution >= 0.6 is 0 Å². The van der Waals surface area contributed by atoms with Crippen molar-refractivity contribution in [1.29, 1.82) is 0 Å². The monoisotopic (exact) mass is 987 g/mol. The Morgan fingerprint density at radius 1 is 0.843 bits per heavy atom. The number of rotatable bonds is 21. The van der Waals surface area contributed by atoms with E-state index in [9.17, 15) is 58.5 Å². The van der Waals surface area contributed by atoms with Crippen molar-refractivity contribution in [2.24, 2.45) is 17.6 Å². The van der Waals surface area contributed by atoms with E-state index in [1.54, 1.807) is 26.0 Å². The van der Waals surface area contributed by atoms with Crippen LogP contribution in [-0.4, -0.2) is 147 Å². The Bertz CT molecular complexity index is 1950. The highest BCUT2D eigenvalue weighted by molar-refractivity contribution is 5.98. The Balaban J connectivity index is 2.19. The molecule has 0 radical (unpaired) electrons. The average molecular weight is 987 g/mol. The van der Waals surface area contributed by atoms with Crippen molar-refractivity contribution in [2.45, 2.75) is 192 Å². The normalized spacial score (nSPS) is 24.7. The van der Waals surface area contributed by atoms with E-state index in [0.717, 1.165) is 35.5 Å². The highest BCUT2D eigenvalue weighted by Crippen LogP contribution is 2.27. The molecule has 392 valence electrons. The Hall–Kier alpha value is -5.83.